The van der Waals surface area contributed by atoms with Gasteiger partial charge in [0, 0.05) is 24.0 Å². The lowest BCUT2D eigenvalue weighted by Crippen LogP contribution is -2.53. The molecule has 0 bridgehead atoms. The van der Waals surface area contributed by atoms with Crippen molar-refractivity contribution in [2.45, 2.75) is 57.2 Å². The van der Waals surface area contributed by atoms with Gasteiger partial charge < -0.3 is 19.7 Å². The van der Waals surface area contributed by atoms with Gasteiger partial charge in [0.1, 0.15) is 6.04 Å². The summed E-state index contributed by atoms with van der Waals surface area (Å²) in [7, 11) is 1.55. The number of halogens is 1. The van der Waals surface area contributed by atoms with Crippen LogP contribution in [0.25, 0.3) is 0 Å². The van der Waals surface area contributed by atoms with Gasteiger partial charge in [-0.3, -0.25) is 9.59 Å². The van der Waals surface area contributed by atoms with Gasteiger partial charge in [-0.15, -0.1) is 0 Å². The number of amides is 2. The van der Waals surface area contributed by atoms with Crippen LogP contribution in [0.5, 0.6) is 11.5 Å². The molecule has 3 aromatic rings. The molecule has 3 aromatic carbocycles. The zero-order valence-corrected chi connectivity index (χ0v) is 22.5. The molecule has 1 aliphatic carbocycles. The van der Waals surface area contributed by atoms with Crippen LogP contribution in [-0.4, -0.2) is 42.5 Å². The van der Waals surface area contributed by atoms with Gasteiger partial charge in [-0.25, -0.2) is 0 Å². The number of benzene rings is 3. The van der Waals surface area contributed by atoms with Crippen LogP contribution in [-0.2, 0) is 22.6 Å². The van der Waals surface area contributed by atoms with Gasteiger partial charge in [0.2, 0.25) is 5.91 Å². The van der Waals surface area contributed by atoms with E-state index in [0.29, 0.717) is 22.9 Å². The minimum absolute atomic E-state index is 0.122. The van der Waals surface area contributed by atoms with Crippen molar-refractivity contribution < 1.29 is 19.1 Å². The molecule has 6 nitrogen and oxygen atoms in total. The molecular formula is C31H35ClN2O4. The van der Waals surface area contributed by atoms with E-state index in [0.717, 1.165) is 36.8 Å². The van der Waals surface area contributed by atoms with Crippen molar-refractivity contribution in [1.29, 1.82) is 0 Å². The van der Waals surface area contributed by atoms with Crippen LogP contribution in [0, 0.1) is 0 Å². The first kappa shape index (κ1) is 27.5. The molecule has 1 aliphatic rings. The Kier molecular flexibility index (Phi) is 10.0. The molecule has 0 spiro atoms. The van der Waals surface area contributed by atoms with Gasteiger partial charge in [-0.2, -0.15) is 0 Å². The summed E-state index contributed by atoms with van der Waals surface area (Å²) in [6.07, 6.45) is 5.69. The SMILES string of the molecule is COc1ccccc1OCC(=O)N(Cc1ccccc1Cl)[C@@H](Cc1ccccc1)C(=O)NC1CCCCC1. The van der Waals surface area contributed by atoms with E-state index in [1.165, 1.54) is 6.42 Å². The summed E-state index contributed by atoms with van der Waals surface area (Å²) >= 11 is 6.50. The first-order valence-corrected chi connectivity index (χ1v) is 13.6. The number of carbonyl (C=O) groups excluding carboxylic acids is 2. The summed E-state index contributed by atoms with van der Waals surface area (Å²) in [5.74, 6) is 0.537. The van der Waals surface area contributed by atoms with Crippen molar-refractivity contribution >= 4 is 23.4 Å². The maximum atomic E-state index is 13.8. The normalized spacial score (nSPS) is 14.4. The molecule has 0 heterocycles. The van der Waals surface area contributed by atoms with E-state index >= 15 is 0 Å². The highest BCUT2D eigenvalue weighted by molar-refractivity contribution is 6.31. The van der Waals surface area contributed by atoms with E-state index in [2.05, 4.69) is 5.32 Å². The lowest BCUT2D eigenvalue weighted by atomic mass is 9.94. The summed E-state index contributed by atoms with van der Waals surface area (Å²) in [6, 6.07) is 23.7. The summed E-state index contributed by atoms with van der Waals surface area (Å²) in [5.41, 5.74) is 1.74. The number of ether oxygens (including phenoxy) is 2. The highest BCUT2D eigenvalue weighted by Crippen LogP contribution is 2.27. The second-order valence-electron chi connectivity index (χ2n) is 9.60. The number of para-hydroxylation sites is 2. The van der Waals surface area contributed by atoms with Gasteiger partial charge in [0.05, 0.1) is 7.11 Å². The van der Waals surface area contributed by atoms with Crippen molar-refractivity contribution in [1.82, 2.24) is 10.2 Å². The third-order valence-corrected chi connectivity index (χ3v) is 7.31. The third-order valence-electron chi connectivity index (χ3n) is 6.94. The molecule has 7 heteroatoms. The van der Waals surface area contributed by atoms with E-state index in [-0.39, 0.29) is 31.0 Å². The number of carbonyl (C=O) groups is 2. The molecule has 2 amide bonds. The Morgan fingerprint density at radius 1 is 0.921 bits per heavy atom. The fourth-order valence-corrected chi connectivity index (χ4v) is 5.06. The molecule has 200 valence electrons. The molecule has 0 unspecified atom stereocenters. The topological polar surface area (TPSA) is 67.9 Å². The highest BCUT2D eigenvalue weighted by atomic mass is 35.5. The van der Waals surface area contributed by atoms with Crippen LogP contribution >= 0.6 is 11.6 Å². The number of hydrogen-bond acceptors (Lipinski definition) is 4. The zero-order chi connectivity index (χ0) is 26.7. The van der Waals surface area contributed by atoms with Crippen LogP contribution in [0.1, 0.15) is 43.2 Å². The zero-order valence-electron chi connectivity index (χ0n) is 21.8. The van der Waals surface area contributed by atoms with Crippen molar-refractivity contribution in [3.05, 3.63) is 95.0 Å². The van der Waals surface area contributed by atoms with E-state index in [4.69, 9.17) is 21.1 Å². The average molecular weight is 535 g/mol. The second-order valence-corrected chi connectivity index (χ2v) is 10.0. The number of nitrogens with zero attached hydrogens (tertiary/aromatic N) is 1. The molecule has 0 radical (unpaired) electrons. The molecule has 0 aliphatic heterocycles. The fourth-order valence-electron chi connectivity index (χ4n) is 4.87. The number of methoxy groups -OCH3 is 1. The van der Waals surface area contributed by atoms with Crippen LogP contribution in [0.4, 0.5) is 0 Å². The average Bonchev–Trinajstić information content (AvgIpc) is 2.95. The second kappa shape index (κ2) is 13.9. The van der Waals surface area contributed by atoms with Gasteiger partial charge in [0.25, 0.3) is 5.91 Å². The van der Waals surface area contributed by atoms with Crippen LogP contribution in [0.3, 0.4) is 0 Å². The molecule has 1 saturated carbocycles. The summed E-state index contributed by atoms with van der Waals surface area (Å²) in [4.78, 5) is 29.2. The lowest BCUT2D eigenvalue weighted by Gasteiger charge is -2.33. The van der Waals surface area contributed by atoms with Crippen molar-refractivity contribution in [2.24, 2.45) is 0 Å². The van der Waals surface area contributed by atoms with Crippen molar-refractivity contribution in [2.75, 3.05) is 13.7 Å². The maximum absolute atomic E-state index is 13.8. The van der Waals surface area contributed by atoms with Crippen LogP contribution in [0.2, 0.25) is 5.02 Å². The van der Waals surface area contributed by atoms with Crippen molar-refractivity contribution in [3.63, 3.8) is 0 Å². The lowest BCUT2D eigenvalue weighted by molar-refractivity contribution is -0.143. The smallest absolute Gasteiger partial charge is 0.261 e. The summed E-state index contributed by atoms with van der Waals surface area (Å²) in [5, 5.41) is 3.78. The summed E-state index contributed by atoms with van der Waals surface area (Å²) in [6.45, 7) is -0.0593. The molecule has 0 saturated heterocycles. The monoisotopic (exact) mass is 534 g/mol. The molecule has 4 rings (SSSR count). The van der Waals surface area contributed by atoms with Gasteiger partial charge in [-0.1, -0.05) is 91.5 Å². The summed E-state index contributed by atoms with van der Waals surface area (Å²) < 4.78 is 11.3. The molecule has 1 atom stereocenters. The molecular weight excluding hydrogens is 500 g/mol. The van der Waals surface area contributed by atoms with Gasteiger partial charge in [-0.05, 0) is 42.2 Å². The van der Waals surface area contributed by atoms with E-state index in [1.54, 1.807) is 30.2 Å². The highest BCUT2D eigenvalue weighted by Gasteiger charge is 2.32. The first-order valence-electron chi connectivity index (χ1n) is 13.2. The van der Waals surface area contributed by atoms with Crippen molar-refractivity contribution in [3.8, 4) is 11.5 Å². The molecule has 0 aromatic heterocycles. The largest absolute Gasteiger partial charge is 0.493 e. The Morgan fingerprint density at radius 3 is 2.29 bits per heavy atom. The first-order chi connectivity index (χ1) is 18.5. The Hall–Kier alpha value is -3.51. The Bertz CT molecular complexity index is 1200. The minimum atomic E-state index is -0.732. The van der Waals surface area contributed by atoms with E-state index in [1.807, 2.05) is 60.7 Å². The molecule has 38 heavy (non-hydrogen) atoms. The van der Waals surface area contributed by atoms with E-state index in [9.17, 15) is 9.59 Å². The third kappa shape index (κ3) is 7.51. The number of rotatable bonds is 11. The Balaban J connectivity index is 1.63. The predicted octanol–water partition coefficient (Wildman–Crippen LogP) is 5.82. The van der Waals surface area contributed by atoms with Crippen LogP contribution < -0.4 is 14.8 Å². The Labute approximate surface area is 229 Å². The van der Waals surface area contributed by atoms with Gasteiger partial charge >= 0.3 is 0 Å². The predicted molar refractivity (Wildman–Crippen MR) is 149 cm³/mol. The molecule has 1 fully saturated rings. The minimum Gasteiger partial charge on any atom is -0.493 e. The molecule has 1 N–H and O–H groups in total. The quantitative estimate of drug-likeness (QED) is 0.337. The number of nitrogens with one attached hydrogen (secondary N) is 1. The van der Waals surface area contributed by atoms with Gasteiger partial charge in [0.15, 0.2) is 18.1 Å². The standard InChI is InChI=1S/C31H35ClN2O4/c1-37-28-18-10-11-19-29(28)38-22-30(35)34(21-24-14-8-9-17-26(24)32)27(20-23-12-4-2-5-13-23)31(36)33-25-15-6-3-7-16-25/h2,4-5,8-14,17-19,25,27H,3,6-7,15-16,20-22H2,1H3,(H,33,36)/t27-/m0/s1. The van der Waals surface area contributed by atoms with Crippen LogP contribution in [0.15, 0.2) is 78.9 Å². The number of hydrogen-bond donors (Lipinski definition) is 1. The van der Waals surface area contributed by atoms with E-state index < -0.39 is 6.04 Å². The fraction of sp³-hybridized carbons (Fsp3) is 0.355. The maximum Gasteiger partial charge on any atom is 0.261 e. The Morgan fingerprint density at radius 2 is 1.58 bits per heavy atom.